The van der Waals surface area contributed by atoms with Crippen LogP contribution < -0.4 is 11.5 Å². The number of hydrogen-bond donors (Lipinski definition) is 2. The Balaban J connectivity index is 0.000000706. The van der Waals surface area contributed by atoms with E-state index in [2.05, 4.69) is 19.6 Å². The number of anilines is 1. The SMILES string of the molecule is CSC.Nc1ccc(-c2nc3c(-c4noc(=O)[nH]4)cn(SF)c3cc2F)cc1. The molecular weight excluding hydrogens is 408 g/mol. The zero-order valence-corrected chi connectivity index (χ0v) is 16.4. The van der Waals surface area contributed by atoms with E-state index >= 15 is 0 Å². The zero-order chi connectivity index (χ0) is 20.3. The number of rotatable bonds is 3. The molecule has 28 heavy (non-hydrogen) atoms. The average Bonchev–Trinajstić information content (AvgIpc) is 3.25. The molecule has 0 aliphatic carbocycles. The molecule has 3 aromatic heterocycles. The molecular formula is C17H15F2N5O2S2. The third-order valence-corrected chi connectivity index (χ3v) is 4.10. The van der Waals surface area contributed by atoms with Crippen molar-refractivity contribution in [2.75, 3.05) is 18.2 Å². The van der Waals surface area contributed by atoms with Crippen molar-refractivity contribution in [1.29, 1.82) is 0 Å². The number of thioether (sulfide) groups is 1. The smallest absolute Gasteiger partial charge is 0.399 e. The lowest BCUT2D eigenvalue weighted by Crippen LogP contribution is -1.95. The Hall–Kier alpha value is -2.79. The van der Waals surface area contributed by atoms with Crippen LogP contribution in [0.5, 0.6) is 0 Å². The number of aromatic nitrogens is 4. The number of hydrogen-bond acceptors (Lipinski definition) is 7. The maximum atomic E-state index is 14.5. The van der Waals surface area contributed by atoms with E-state index in [1.165, 1.54) is 12.3 Å². The standard InChI is InChI=1S/C15H9F2N5O2S.C2H6S/c16-10-5-11-13(19-12(10)7-1-3-8(18)4-2-7)9(6-22(11)25-17)14-20-15(23)24-21-14;1-3-2/h1-6H,18H2,(H,20,21,23);1-2H3. The Kier molecular flexibility index (Phi) is 6.05. The summed E-state index contributed by atoms with van der Waals surface area (Å²) in [4.78, 5) is 17.9. The second-order valence-electron chi connectivity index (χ2n) is 5.60. The van der Waals surface area contributed by atoms with E-state index in [-0.39, 0.29) is 34.9 Å². The molecule has 0 bridgehead atoms. The van der Waals surface area contributed by atoms with Gasteiger partial charge in [0.2, 0.25) is 0 Å². The molecule has 7 nitrogen and oxygen atoms in total. The molecule has 0 unspecified atom stereocenters. The Morgan fingerprint density at radius 3 is 2.50 bits per heavy atom. The third-order valence-electron chi connectivity index (χ3n) is 3.65. The zero-order valence-electron chi connectivity index (χ0n) is 14.8. The van der Waals surface area contributed by atoms with Crippen LogP contribution >= 0.6 is 24.1 Å². The van der Waals surface area contributed by atoms with E-state index in [1.807, 2.05) is 12.5 Å². The quantitative estimate of drug-likeness (QED) is 0.478. The van der Waals surface area contributed by atoms with Crippen LogP contribution in [0.2, 0.25) is 0 Å². The minimum absolute atomic E-state index is 0.0706. The predicted molar refractivity (Wildman–Crippen MR) is 109 cm³/mol. The van der Waals surface area contributed by atoms with Crippen molar-refractivity contribution in [3.8, 4) is 22.6 Å². The van der Waals surface area contributed by atoms with Crippen molar-refractivity contribution in [2.45, 2.75) is 0 Å². The molecule has 0 aliphatic rings. The predicted octanol–water partition coefficient (Wildman–Crippen LogP) is 4.13. The molecule has 1 aromatic carbocycles. The monoisotopic (exact) mass is 423 g/mol. The van der Waals surface area contributed by atoms with Gasteiger partial charge in [0, 0.05) is 23.5 Å². The summed E-state index contributed by atoms with van der Waals surface area (Å²) in [5.74, 6) is -1.30. The highest BCUT2D eigenvalue weighted by atomic mass is 32.2. The van der Waals surface area contributed by atoms with Crippen molar-refractivity contribution in [2.24, 2.45) is 0 Å². The lowest BCUT2D eigenvalue weighted by molar-refractivity contribution is 0.388. The number of benzene rings is 1. The van der Waals surface area contributed by atoms with Crippen LogP contribution in [0.3, 0.4) is 0 Å². The van der Waals surface area contributed by atoms with E-state index < -0.39 is 11.6 Å². The first-order valence-electron chi connectivity index (χ1n) is 7.81. The highest BCUT2D eigenvalue weighted by Crippen LogP contribution is 2.33. The number of fused-ring (bicyclic) bond motifs is 1. The Labute approximate surface area is 166 Å². The van der Waals surface area contributed by atoms with Crippen molar-refractivity contribution in [1.82, 2.24) is 19.1 Å². The minimum Gasteiger partial charge on any atom is -0.399 e. The summed E-state index contributed by atoms with van der Waals surface area (Å²) in [5, 5.41) is 3.58. The number of H-pyrrole nitrogens is 1. The molecule has 0 atom stereocenters. The van der Waals surface area contributed by atoms with Crippen LogP contribution in [0, 0.1) is 5.82 Å². The van der Waals surface area contributed by atoms with Gasteiger partial charge in [0.05, 0.1) is 11.1 Å². The highest BCUT2D eigenvalue weighted by Gasteiger charge is 2.19. The molecule has 4 aromatic rings. The number of nitrogens with two attached hydrogens (primary N) is 1. The lowest BCUT2D eigenvalue weighted by Gasteiger charge is -2.05. The maximum absolute atomic E-state index is 14.5. The first-order chi connectivity index (χ1) is 13.5. The third kappa shape index (κ3) is 3.90. The number of aromatic amines is 1. The second-order valence-corrected chi connectivity index (χ2v) is 6.95. The molecule has 0 fully saturated rings. The van der Waals surface area contributed by atoms with E-state index in [4.69, 9.17) is 5.73 Å². The van der Waals surface area contributed by atoms with Gasteiger partial charge in [-0.1, -0.05) is 17.3 Å². The molecule has 146 valence electrons. The van der Waals surface area contributed by atoms with E-state index in [9.17, 15) is 13.1 Å². The fraction of sp³-hybridized carbons (Fsp3) is 0.118. The van der Waals surface area contributed by atoms with Gasteiger partial charge in [-0.2, -0.15) is 11.8 Å². The van der Waals surface area contributed by atoms with Crippen LogP contribution in [0.4, 0.5) is 14.0 Å². The van der Waals surface area contributed by atoms with Crippen molar-refractivity contribution in [3.63, 3.8) is 0 Å². The second kappa shape index (κ2) is 8.48. The fourth-order valence-electron chi connectivity index (χ4n) is 2.51. The van der Waals surface area contributed by atoms with Gasteiger partial charge in [-0.25, -0.2) is 14.2 Å². The van der Waals surface area contributed by atoms with Crippen molar-refractivity contribution < 1.29 is 12.8 Å². The summed E-state index contributed by atoms with van der Waals surface area (Å²) in [6.07, 6.45) is 5.43. The number of nitrogens with zero attached hydrogens (tertiary/aromatic N) is 3. The van der Waals surface area contributed by atoms with Gasteiger partial charge in [0.15, 0.2) is 24.0 Å². The molecule has 4 rings (SSSR count). The van der Waals surface area contributed by atoms with Crippen LogP contribution in [-0.2, 0) is 0 Å². The van der Waals surface area contributed by atoms with Crippen LogP contribution in [0.25, 0.3) is 33.7 Å². The van der Waals surface area contributed by atoms with Gasteiger partial charge in [-0.3, -0.25) is 13.5 Å². The van der Waals surface area contributed by atoms with Crippen LogP contribution in [0.15, 0.2) is 45.8 Å². The summed E-state index contributed by atoms with van der Waals surface area (Å²) in [6, 6.07) is 7.68. The normalized spacial score (nSPS) is 10.7. The van der Waals surface area contributed by atoms with Crippen LogP contribution in [-0.4, -0.2) is 31.6 Å². The van der Waals surface area contributed by atoms with E-state index in [0.29, 0.717) is 16.8 Å². The molecule has 3 heterocycles. The van der Waals surface area contributed by atoms with E-state index in [1.54, 1.807) is 36.0 Å². The number of halogens is 2. The first kappa shape index (κ1) is 20.0. The molecule has 0 saturated heterocycles. The summed E-state index contributed by atoms with van der Waals surface area (Å²) in [5.41, 5.74) is 7.53. The van der Waals surface area contributed by atoms with Crippen molar-refractivity contribution in [3.05, 3.63) is 52.9 Å². The van der Waals surface area contributed by atoms with Gasteiger partial charge in [-0.15, -0.1) is 3.89 Å². The van der Waals surface area contributed by atoms with Gasteiger partial charge < -0.3 is 5.73 Å². The van der Waals surface area contributed by atoms with Crippen molar-refractivity contribution >= 4 is 40.8 Å². The molecule has 0 spiro atoms. The summed E-state index contributed by atoms with van der Waals surface area (Å²) < 4.78 is 33.3. The Morgan fingerprint density at radius 2 is 1.93 bits per heavy atom. The largest absolute Gasteiger partial charge is 0.439 e. The summed E-state index contributed by atoms with van der Waals surface area (Å²) >= 11 is 1.63. The Bertz CT molecular complexity index is 1150. The summed E-state index contributed by atoms with van der Waals surface area (Å²) in [6.45, 7) is 0. The fourth-order valence-corrected chi connectivity index (χ4v) is 2.87. The molecule has 0 amide bonds. The average molecular weight is 423 g/mol. The molecule has 0 saturated carbocycles. The lowest BCUT2D eigenvalue weighted by atomic mass is 10.1. The molecule has 0 aliphatic heterocycles. The Morgan fingerprint density at radius 1 is 1.25 bits per heavy atom. The summed E-state index contributed by atoms with van der Waals surface area (Å²) in [7, 11) is 0. The number of nitrogen functional groups attached to an aromatic ring is 1. The topological polar surface area (TPSA) is 103 Å². The molecule has 0 radical (unpaired) electrons. The molecule has 11 heteroatoms. The van der Waals surface area contributed by atoms with Gasteiger partial charge in [0.25, 0.3) is 0 Å². The van der Waals surface area contributed by atoms with Gasteiger partial charge >= 0.3 is 5.76 Å². The maximum Gasteiger partial charge on any atom is 0.439 e. The van der Waals surface area contributed by atoms with Crippen LogP contribution in [0.1, 0.15) is 0 Å². The number of pyridine rings is 1. The minimum atomic E-state index is -0.760. The highest BCUT2D eigenvalue weighted by molar-refractivity contribution is 7.97. The van der Waals surface area contributed by atoms with E-state index in [0.717, 1.165) is 3.97 Å². The van der Waals surface area contributed by atoms with Gasteiger partial charge in [0.1, 0.15) is 11.2 Å². The first-order valence-corrected chi connectivity index (χ1v) is 10.1. The molecule has 3 N–H and O–H groups in total. The number of nitrogens with one attached hydrogen (secondary N) is 1. The van der Waals surface area contributed by atoms with Gasteiger partial charge in [-0.05, 0) is 24.6 Å².